The lowest BCUT2D eigenvalue weighted by atomic mass is 10.1. The van der Waals surface area contributed by atoms with Gasteiger partial charge >= 0.3 is 6.09 Å². The first-order chi connectivity index (χ1) is 10.7. The van der Waals surface area contributed by atoms with Crippen LogP contribution >= 0.6 is 0 Å². The van der Waals surface area contributed by atoms with Crippen LogP contribution in [0.5, 0.6) is 5.75 Å². The number of benzene rings is 1. The van der Waals surface area contributed by atoms with Crippen LogP contribution in [0.4, 0.5) is 4.79 Å². The van der Waals surface area contributed by atoms with Crippen LogP contribution in [0.25, 0.3) is 0 Å². The van der Waals surface area contributed by atoms with E-state index in [1.54, 1.807) is 19.1 Å². The van der Waals surface area contributed by atoms with E-state index in [4.69, 9.17) is 9.47 Å². The topological polar surface area (TPSA) is 50.8 Å². The van der Waals surface area contributed by atoms with Crippen LogP contribution in [-0.2, 0) is 11.2 Å². The summed E-state index contributed by atoms with van der Waals surface area (Å²) in [5.41, 5.74) is 0.798. The van der Waals surface area contributed by atoms with E-state index >= 15 is 0 Å². The number of hydrogen-bond donors (Lipinski definition) is 1. The summed E-state index contributed by atoms with van der Waals surface area (Å²) < 4.78 is 10.5. The number of amides is 1. The molecular formula is C18H30N2O3. The van der Waals surface area contributed by atoms with Crippen molar-refractivity contribution in [3.8, 4) is 5.75 Å². The maximum absolute atomic E-state index is 11.8. The first kappa shape index (κ1) is 19.3. The molecule has 5 heteroatoms. The van der Waals surface area contributed by atoms with Crippen LogP contribution in [0.1, 0.15) is 33.3 Å². The van der Waals surface area contributed by atoms with Crippen LogP contribution in [0, 0.1) is 0 Å². The second-order valence-electron chi connectivity index (χ2n) is 6.81. The molecule has 0 aliphatic carbocycles. The molecule has 5 nitrogen and oxygen atoms in total. The van der Waals surface area contributed by atoms with Crippen molar-refractivity contribution in [3.05, 3.63) is 29.8 Å². The summed E-state index contributed by atoms with van der Waals surface area (Å²) in [6.07, 6.45) is 0.641. The molecule has 0 heterocycles. The molecule has 0 aromatic heterocycles. The van der Waals surface area contributed by atoms with Gasteiger partial charge in [-0.15, -0.1) is 0 Å². The van der Waals surface area contributed by atoms with Gasteiger partial charge in [0.25, 0.3) is 0 Å². The van der Waals surface area contributed by atoms with Crippen molar-refractivity contribution in [2.24, 2.45) is 0 Å². The number of nitrogens with one attached hydrogen (secondary N) is 1. The minimum atomic E-state index is -0.458. The average molecular weight is 322 g/mol. The molecule has 0 fully saturated rings. The number of hydrogen-bond acceptors (Lipinski definition) is 4. The summed E-state index contributed by atoms with van der Waals surface area (Å²) in [5.74, 6) is 0.869. The van der Waals surface area contributed by atoms with E-state index in [2.05, 4.69) is 24.4 Å². The van der Waals surface area contributed by atoms with E-state index in [0.29, 0.717) is 12.6 Å². The number of nitrogens with zero attached hydrogens (tertiary/aromatic N) is 1. The van der Waals surface area contributed by atoms with Gasteiger partial charge in [0.15, 0.2) is 0 Å². The number of carbonyl (C=O) groups excluding carboxylic acids is 1. The molecule has 130 valence electrons. The summed E-state index contributed by atoms with van der Waals surface area (Å²) >= 11 is 0. The zero-order valence-corrected chi connectivity index (χ0v) is 15.2. The Morgan fingerprint density at radius 1 is 1.26 bits per heavy atom. The van der Waals surface area contributed by atoms with Crippen molar-refractivity contribution < 1.29 is 14.3 Å². The molecule has 1 atom stereocenters. The van der Waals surface area contributed by atoms with Gasteiger partial charge in [-0.25, -0.2) is 4.79 Å². The third kappa shape index (κ3) is 7.88. The van der Waals surface area contributed by atoms with Gasteiger partial charge in [0, 0.05) is 26.2 Å². The van der Waals surface area contributed by atoms with Gasteiger partial charge in [-0.1, -0.05) is 12.1 Å². The SMILES string of the molecule is COc1ccc(CC(C)NCCN(C)C(=O)OC(C)(C)C)cc1. The highest BCUT2D eigenvalue weighted by molar-refractivity contribution is 5.67. The summed E-state index contributed by atoms with van der Waals surface area (Å²) in [7, 11) is 3.42. The molecule has 1 aromatic carbocycles. The normalized spacial score (nSPS) is 12.6. The first-order valence-electron chi connectivity index (χ1n) is 8.01. The molecule has 23 heavy (non-hydrogen) atoms. The van der Waals surface area contributed by atoms with Gasteiger partial charge in [0.1, 0.15) is 11.4 Å². The molecule has 1 aromatic rings. The maximum Gasteiger partial charge on any atom is 0.410 e. The predicted octanol–water partition coefficient (Wildman–Crippen LogP) is 3.08. The van der Waals surface area contributed by atoms with E-state index in [9.17, 15) is 4.79 Å². The smallest absolute Gasteiger partial charge is 0.410 e. The lowest BCUT2D eigenvalue weighted by Gasteiger charge is -2.25. The van der Waals surface area contributed by atoms with Gasteiger partial charge in [0.2, 0.25) is 0 Å². The molecule has 0 spiro atoms. The van der Waals surface area contributed by atoms with Crippen LogP contribution in [0.15, 0.2) is 24.3 Å². The molecule has 0 bridgehead atoms. The Balaban J connectivity index is 2.30. The third-order valence-corrected chi connectivity index (χ3v) is 3.35. The summed E-state index contributed by atoms with van der Waals surface area (Å²) in [6, 6.07) is 8.42. The van der Waals surface area contributed by atoms with Gasteiger partial charge in [-0.2, -0.15) is 0 Å². The third-order valence-electron chi connectivity index (χ3n) is 3.35. The van der Waals surface area contributed by atoms with E-state index in [1.165, 1.54) is 5.56 Å². The highest BCUT2D eigenvalue weighted by Crippen LogP contribution is 2.12. The summed E-state index contributed by atoms with van der Waals surface area (Å²) in [4.78, 5) is 13.4. The van der Waals surface area contributed by atoms with Crippen LogP contribution in [0.3, 0.4) is 0 Å². The molecule has 0 radical (unpaired) electrons. The fourth-order valence-electron chi connectivity index (χ4n) is 2.10. The van der Waals surface area contributed by atoms with E-state index < -0.39 is 5.60 Å². The number of ether oxygens (including phenoxy) is 2. The molecule has 0 aliphatic heterocycles. The van der Waals surface area contributed by atoms with Crippen LogP contribution in [0.2, 0.25) is 0 Å². The maximum atomic E-state index is 11.8. The highest BCUT2D eigenvalue weighted by Gasteiger charge is 2.19. The number of likely N-dealkylation sites (N-methyl/N-ethyl adjacent to an activating group) is 1. The molecule has 0 saturated heterocycles. The quantitative estimate of drug-likeness (QED) is 0.838. The summed E-state index contributed by atoms with van der Waals surface area (Å²) in [5, 5.41) is 3.43. The Kier molecular flexibility index (Phi) is 7.36. The van der Waals surface area contributed by atoms with Crippen LogP contribution in [-0.4, -0.2) is 49.9 Å². The predicted molar refractivity (Wildman–Crippen MR) is 93.0 cm³/mol. The molecular weight excluding hydrogens is 292 g/mol. The fraction of sp³-hybridized carbons (Fsp3) is 0.611. The molecule has 1 rings (SSSR count). The van der Waals surface area contributed by atoms with E-state index in [-0.39, 0.29) is 6.09 Å². The van der Waals surface area contributed by atoms with Crippen molar-refractivity contribution >= 4 is 6.09 Å². The average Bonchev–Trinajstić information content (AvgIpc) is 2.46. The highest BCUT2D eigenvalue weighted by atomic mass is 16.6. The molecule has 1 unspecified atom stereocenters. The number of carbonyl (C=O) groups is 1. The zero-order valence-electron chi connectivity index (χ0n) is 15.2. The van der Waals surface area contributed by atoms with Crippen molar-refractivity contribution in [1.29, 1.82) is 0 Å². The van der Waals surface area contributed by atoms with Crippen molar-refractivity contribution in [2.75, 3.05) is 27.2 Å². The fourth-order valence-corrected chi connectivity index (χ4v) is 2.10. The summed E-state index contributed by atoms with van der Waals surface area (Å²) in [6.45, 7) is 9.09. The Labute approximate surface area is 140 Å². The van der Waals surface area contributed by atoms with Crippen molar-refractivity contribution in [1.82, 2.24) is 10.2 Å². The second kappa shape index (κ2) is 8.77. The monoisotopic (exact) mass is 322 g/mol. The number of rotatable bonds is 7. The lowest BCUT2D eigenvalue weighted by Crippen LogP contribution is -2.40. The van der Waals surface area contributed by atoms with E-state index in [1.807, 2.05) is 32.9 Å². The molecule has 0 saturated carbocycles. The number of methoxy groups -OCH3 is 1. The Morgan fingerprint density at radius 3 is 2.39 bits per heavy atom. The Hall–Kier alpha value is -1.75. The minimum absolute atomic E-state index is 0.290. The van der Waals surface area contributed by atoms with Gasteiger partial charge in [-0.3, -0.25) is 0 Å². The van der Waals surface area contributed by atoms with Gasteiger partial charge in [0.05, 0.1) is 7.11 Å². The Morgan fingerprint density at radius 2 is 1.87 bits per heavy atom. The van der Waals surface area contributed by atoms with Gasteiger partial charge in [-0.05, 0) is 51.8 Å². The first-order valence-corrected chi connectivity index (χ1v) is 8.01. The minimum Gasteiger partial charge on any atom is -0.497 e. The van der Waals surface area contributed by atoms with E-state index in [0.717, 1.165) is 18.7 Å². The van der Waals surface area contributed by atoms with Gasteiger partial charge < -0.3 is 19.7 Å². The molecule has 0 aliphatic rings. The Bertz CT molecular complexity index is 480. The second-order valence-corrected chi connectivity index (χ2v) is 6.81. The van der Waals surface area contributed by atoms with Crippen LogP contribution < -0.4 is 10.1 Å². The van der Waals surface area contributed by atoms with Crippen molar-refractivity contribution in [2.45, 2.75) is 45.8 Å². The largest absolute Gasteiger partial charge is 0.497 e. The standard InChI is InChI=1S/C18H30N2O3/c1-14(13-15-7-9-16(22-6)10-8-15)19-11-12-20(5)17(21)23-18(2,3)4/h7-10,14,19H,11-13H2,1-6H3. The lowest BCUT2D eigenvalue weighted by molar-refractivity contribution is 0.0299. The zero-order chi connectivity index (χ0) is 17.5. The van der Waals surface area contributed by atoms with Crippen molar-refractivity contribution in [3.63, 3.8) is 0 Å². The molecule has 1 amide bonds. The molecule has 1 N–H and O–H groups in total.